The number of anilines is 2. The molecule has 1 aromatic heterocycles. The molecule has 0 spiro atoms. The van der Waals surface area contributed by atoms with E-state index in [4.69, 9.17) is 0 Å². The first-order valence-electron chi connectivity index (χ1n) is 6.93. The molecule has 0 unspecified atom stereocenters. The van der Waals surface area contributed by atoms with Gasteiger partial charge in [0.15, 0.2) is 0 Å². The number of aryl methyl sites for hydroxylation is 1. The number of nitrogens with zero attached hydrogens (tertiary/aromatic N) is 2. The highest BCUT2D eigenvalue weighted by Gasteiger charge is 2.28. The van der Waals surface area contributed by atoms with Gasteiger partial charge in [-0.1, -0.05) is 6.07 Å². The number of carbonyl (C=O) groups is 1. The van der Waals surface area contributed by atoms with Crippen LogP contribution in [0.3, 0.4) is 0 Å². The smallest absolute Gasteiger partial charge is 0.376 e. The van der Waals surface area contributed by atoms with Crippen LogP contribution >= 0.6 is 0 Å². The average molecular weight is 326 g/mol. The van der Waals surface area contributed by atoms with Crippen molar-refractivity contribution in [2.45, 2.75) is 33.1 Å². The van der Waals surface area contributed by atoms with E-state index < -0.39 is 12.7 Å². The molecule has 2 rings (SSSR count). The summed E-state index contributed by atoms with van der Waals surface area (Å²) in [5.41, 5.74) is 2.15. The molecule has 0 aliphatic carbocycles. The van der Waals surface area contributed by atoms with E-state index in [1.807, 2.05) is 19.1 Å². The van der Waals surface area contributed by atoms with E-state index in [2.05, 4.69) is 15.6 Å². The Labute approximate surface area is 131 Å². The van der Waals surface area contributed by atoms with E-state index in [-0.39, 0.29) is 18.3 Å². The van der Waals surface area contributed by atoms with E-state index in [0.717, 1.165) is 10.1 Å². The molecule has 0 aliphatic heterocycles. The number of imidazole rings is 1. The van der Waals surface area contributed by atoms with Crippen LogP contribution in [0.2, 0.25) is 0 Å². The van der Waals surface area contributed by atoms with Gasteiger partial charge >= 0.3 is 6.18 Å². The highest BCUT2D eigenvalue weighted by molar-refractivity contribution is 5.92. The zero-order valence-electron chi connectivity index (χ0n) is 12.7. The van der Waals surface area contributed by atoms with Gasteiger partial charge in [-0.15, -0.1) is 0 Å². The van der Waals surface area contributed by atoms with Gasteiger partial charge in [-0.2, -0.15) is 13.2 Å². The molecular formula is C15H17F3N4O. The summed E-state index contributed by atoms with van der Waals surface area (Å²) < 4.78 is 38.6. The Balaban J connectivity index is 2.14. The maximum Gasteiger partial charge on any atom is 0.406 e. The first-order valence-corrected chi connectivity index (χ1v) is 6.93. The summed E-state index contributed by atoms with van der Waals surface area (Å²) in [4.78, 5) is 15.2. The molecule has 124 valence electrons. The van der Waals surface area contributed by atoms with Crippen LogP contribution in [0, 0.1) is 6.92 Å². The molecule has 1 heterocycles. The van der Waals surface area contributed by atoms with Crippen LogP contribution in [0.4, 0.5) is 24.5 Å². The SMILES string of the molecule is CC(=O)Nc1ccc(C)cc1NCc1nccn1CC(F)(F)F. The van der Waals surface area contributed by atoms with Gasteiger partial charge in [0.05, 0.1) is 17.9 Å². The van der Waals surface area contributed by atoms with Crippen molar-refractivity contribution >= 4 is 17.3 Å². The van der Waals surface area contributed by atoms with Gasteiger partial charge < -0.3 is 15.2 Å². The molecule has 2 N–H and O–H groups in total. The molecule has 0 saturated heterocycles. The summed E-state index contributed by atoms with van der Waals surface area (Å²) in [6, 6.07) is 5.38. The number of carbonyl (C=O) groups excluding carboxylic acids is 1. The molecule has 1 aromatic carbocycles. The number of hydrogen-bond donors (Lipinski definition) is 2. The Hall–Kier alpha value is -2.51. The minimum Gasteiger partial charge on any atom is -0.376 e. The van der Waals surface area contributed by atoms with Crippen LogP contribution in [0.15, 0.2) is 30.6 Å². The second kappa shape index (κ2) is 6.72. The van der Waals surface area contributed by atoms with Crippen molar-refractivity contribution in [1.29, 1.82) is 0 Å². The lowest BCUT2D eigenvalue weighted by Crippen LogP contribution is -2.20. The Morgan fingerprint density at radius 1 is 1.30 bits per heavy atom. The Morgan fingerprint density at radius 3 is 2.70 bits per heavy atom. The summed E-state index contributed by atoms with van der Waals surface area (Å²) in [6.45, 7) is 2.29. The van der Waals surface area contributed by atoms with Crippen LogP contribution in [0.1, 0.15) is 18.3 Å². The predicted octanol–water partition coefficient (Wildman–Crippen LogP) is 3.32. The molecule has 0 fully saturated rings. The lowest BCUT2D eigenvalue weighted by molar-refractivity contribution is -0.141. The summed E-state index contributed by atoms with van der Waals surface area (Å²) in [5, 5.41) is 5.70. The monoisotopic (exact) mass is 326 g/mol. The van der Waals surface area contributed by atoms with Crippen molar-refractivity contribution < 1.29 is 18.0 Å². The zero-order valence-corrected chi connectivity index (χ0v) is 12.7. The lowest BCUT2D eigenvalue weighted by Gasteiger charge is -2.15. The number of alkyl halides is 3. The highest BCUT2D eigenvalue weighted by Crippen LogP contribution is 2.24. The van der Waals surface area contributed by atoms with E-state index in [0.29, 0.717) is 11.4 Å². The molecule has 1 amide bonds. The van der Waals surface area contributed by atoms with Gasteiger partial charge in [-0.3, -0.25) is 4.79 Å². The molecule has 8 heteroatoms. The molecule has 0 aliphatic rings. The number of nitrogens with one attached hydrogen (secondary N) is 2. The third-order valence-electron chi connectivity index (χ3n) is 3.07. The minimum atomic E-state index is -4.31. The highest BCUT2D eigenvalue weighted by atomic mass is 19.4. The van der Waals surface area contributed by atoms with Gasteiger partial charge in [0, 0.05) is 19.3 Å². The van der Waals surface area contributed by atoms with Crippen LogP contribution < -0.4 is 10.6 Å². The number of hydrogen-bond acceptors (Lipinski definition) is 3. The van der Waals surface area contributed by atoms with Crippen LogP contribution in [0.5, 0.6) is 0 Å². The molecule has 0 saturated carbocycles. The van der Waals surface area contributed by atoms with Crippen LogP contribution in [0.25, 0.3) is 0 Å². The first-order chi connectivity index (χ1) is 10.7. The Bertz CT molecular complexity index is 694. The Morgan fingerprint density at radius 2 is 2.04 bits per heavy atom. The third-order valence-corrected chi connectivity index (χ3v) is 3.07. The van der Waals surface area contributed by atoms with Crippen LogP contribution in [-0.2, 0) is 17.9 Å². The molecule has 23 heavy (non-hydrogen) atoms. The van der Waals surface area contributed by atoms with Gasteiger partial charge in [-0.05, 0) is 24.6 Å². The number of aromatic nitrogens is 2. The standard InChI is InChI=1S/C15H17F3N4O/c1-10-3-4-12(21-11(2)23)13(7-10)20-8-14-19-5-6-22(14)9-15(16,17)18/h3-7,20H,8-9H2,1-2H3,(H,21,23). The fraction of sp³-hybridized carbons (Fsp3) is 0.333. The number of rotatable bonds is 5. The van der Waals surface area contributed by atoms with Crippen molar-refractivity contribution in [2.24, 2.45) is 0 Å². The average Bonchev–Trinajstić information content (AvgIpc) is 2.83. The first kappa shape index (κ1) is 16.9. The Kier molecular flexibility index (Phi) is 4.92. The van der Waals surface area contributed by atoms with E-state index in [1.54, 1.807) is 6.07 Å². The number of halogens is 3. The molecule has 0 bridgehead atoms. The van der Waals surface area contributed by atoms with Gasteiger partial charge in [-0.25, -0.2) is 4.98 Å². The summed E-state index contributed by atoms with van der Waals surface area (Å²) in [7, 11) is 0. The molecular weight excluding hydrogens is 309 g/mol. The van der Waals surface area contributed by atoms with Gasteiger partial charge in [0.2, 0.25) is 5.91 Å². The third kappa shape index (κ3) is 5.01. The fourth-order valence-corrected chi connectivity index (χ4v) is 2.12. The second-order valence-electron chi connectivity index (χ2n) is 5.17. The molecule has 2 aromatic rings. The quantitative estimate of drug-likeness (QED) is 0.886. The number of amides is 1. The maximum atomic E-state index is 12.5. The van der Waals surface area contributed by atoms with Crippen molar-refractivity contribution in [1.82, 2.24) is 9.55 Å². The minimum absolute atomic E-state index is 0.110. The van der Waals surface area contributed by atoms with E-state index in [9.17, 15) is 18.0 Å². The number of benzene rings is 1. The van der Waals surface area contributed by atoms with Crippen LogP contribution in [-0.4, -0.2) is 21.6 Å². The van der Waals surface area contributed by atoms with E-state index >= 15 is 0 Å². The zero-order chi connectivity index (χ0) is 17.0. The molecule has 5 nitrogen and oxygen atoms in total. The van der Waals surface area contributed by atoms with Crippen molar-refractivity contribution in [3.63, 3.8) is 0 Å². The molecule has 0 atom stereocenters. The lowest BCUT2D eigenvalue weighted by atomic mass is 10.2. The normalized spacial score (nSPS) is 11.3. The summed E-state index contributed by atoms with van der Waals surface area (Å²) in [5.74, 6) is 0.0353. The topological polar surface area (TPSA) is 59.0 Å². The largest absolute Gasteiger partial charge is 0.406 e. The maximum absolute atomic E-state index is 12.5. The van der Waals surface area contributed by atoms with Gasteiger partial charge in [0.1, 0.15) is 12.4 Å². The van der Waals surface area contributed by atoms with E-state index in [1.165, 1.54) is 19.3 Å². The summed E-state index contributed by atoms with van der Waals surface area (Å²) in [6.07, 6.45) is -1.69. The fourth-order valence-electron chi connectivity index (χ4n) is 2.12. The summed E-state index contributed by atoms with van der Waals surface area (Å²) >= 11 is 0. The van der Waals surface area contributed by atoms with Gasteiger partial charge in [0.25, 0.3) is 0 Å². The van der Waals surface area contributed by atoms with Crippen molar-refractivity contribution in [3.05, 3.63) is 42.0 Å². The second-order valence-corrected chi connectivity index (χ2v) is 5.17. The molecule has 0 radical (unpaired) electrons. The predicted molar refractivity (Wildman–Crippen MR) is 81.1 cm³/mol. The van der Waals surface area contributed by atoms with Crippen molar-refractivity contribution in [2.75, 3.05) is 10.6 Å². The van der Waals surface area contributed by atoms with Crippen molar-refractivity contribution in [3.8, 4) is 0 Å².